The van der Waals surface area contributed by atoms with E-state index >= 15 is 0 Å². The molecular formula is C14H16BrN3. The van der Waals surface area contributed by atoms with E-state index in [9.17, 15) is 0 Å². The molecule has 3 nitrogen and oxygen atoms in total. The van der Waals surface area contributed by atoms with Crippen molar-refractivity contribution in [2.24, 2.45) is 5.73 Å². The van der Waals surface area contributed by atoms with Gasteiger partial charge in [-0.25, -0.2) is 0 Å². The van der Waals surface area contributed by atoms with Crippen molar-refractivity contribution in [3.05, 3.63) is 58.3 Å². The van der Waals surface area contributed by atoms with Crippen molar-refractivity contribution in [3.8, 4) is 0 Å². The fraction of sp³-hybridized carbons (Fsp3) is 0.214. The zero-order valence-corrected chi connectivity index (χ0v) is 11.9. The van der Waals surface area contributed by atoms with Crippen LogP contribution in [0.3, 0.4) is 0 Å². The Hall–Kier alpha value is -1.39. The highest BCUT2D eigenvalue weighted by Crippen LogP contribution is 2.20. The molecule has 18 heavy (non-hydrogen) atoms. The van der Waals surface area contributed by atoms with Gasteiger partial charge in [0.1, 0.15) is 0 Å². The summed E-state index contributed by atoms with van der Waals surface area (Å²) in [6, 6.07) is 10.3. The minimum Gasteiger partial charge on any atom is -0.370 e. The zero-order valence-electron chi connectivity index (χ0n) is 10.3. The standard InChI is InChI=1S/C14H16BrN3/c1-18(10-11-3-2-4-13(15)7-11)14-5-6-17-9-12(14)8-16/h2-7,9H,8,10,16H2,1H3. The van der Waals surface area contributed by atoms with Gasteiger partial charge >= 0.3 is 0 Å². The lowest BCUT2D eigenvalue weighted by atomic mass is 10.1. The van der Waals surface area contributed by atoms with Gasteiger partial charge in [-0.05, 0) is 23.8 Å². The van der Waals surface area contributed by atoms with Crippen molar-refractivity contribution in [3.63, 3.8) is 0 Å². The third-order valence-electron chi connectivity index (χ3n) is 2.82. The number of hydrogen-bond donors (Lipinski definition) is 1. The Bertz CT molecular complexity index is 528. The molecule has 0 aliphatic carbocycles. The van der Waals surface area contributed by atoms with Gasteiger partial charge in [-0.15, -0.1) is 0 Å². The van der Waals surface area contributed by atoms with E-state index in [1.54, 1.807) is 6.20 Å². The predicted molar refractivity (Wildman–Crippen MR) is 78.4 cm³/mol. The molecule has 1 aromatic carbocycles. The lowest BCUT2D eigenvalue weighted by Gasteiger charge is -2.22. The molecule has 0 saturated carbocycles. The third-order valence-corrected chi connectivity index (χ3v) is 3.31. The molecule has 1 heterocycles. The molecule has 4 heteroatoms. The normalized spacial score (nSPS) is 10.4. The van der Waals surface area contributed by atoms with E-state index in [-0.39, 0.29) is 0 Å². The van der Waals surface area contributed by atoms with Gasteiger partial charge in [-0.3, -0.25) is 4.98 Å². The van der Waals surface area contributed by atoms with E-state index in [4.69, 9.17) is 5.73 Å². The van der Waals surface area contributed by atoms with Crippen LogP contribution in [-0.4, -0.2) is 12.0 Å². The summed E-state index contributed by atoms with van der Waals surface area (Å²) in [6.45, 7) is 1.35. The summed E-state index contributed by atoms with van der Waals surface area (Å²) in [7, 11) is 2.06. The number of nitrogens with zero attached hydrogens (tertiary/aromatic N) is 2. The lowest BCUT2D eigenvalue weighted by molar-refractivity contribution is 0.898. The molecule has 0 atom stereocenters. The van der Waals surface area contributed by atoms with Gasteiger partial charge < -0.3 is 10.6 Å². The summed E-state index contributed by atoms with van der Waals surface area (Å²) in [5.41, 5.74) is 9.18. The van der Waals surface area contributed by atoms with Gasteiger partial charge in [0.15, 0.2) is 0 Å². The highest BCUT2D eigenvalue weighted by molar-refractivity contribution is 9.10. The second-order valence-corrected chi connectivity index (χ2v) is 5.11. The van der Waals surface area contributed by atoms with E-state index in [1.165, 1.54) is 5.56 Å². The van der Waals surface area contributed by atoms with Crippen LogP contribution < -0.4 is 10.6 Å². The van der Waals surface area contributed by atoms with Crippen molar-refractivity contribution < 1.29 is 0 Å². The Balaban J connectivity index is 2.19. The smallest absolute Gasteiger partial charge is 0.0443 e. The Morgan fingerprint density at radius 2 is 2.17 bits per heavy atom. The maximum Gasteiger partial charge on any atom is 0.0443 e. The van der Waals surface area contributed by atoms with Gasteiger partial charge in [0.2, 0.25) is 0 Å². The molecule has 94 valence electrons. The van der Waals surface area contributed by atoms with Crippen molar-refractivity contribution in [2.45, 2.75) is 13.1 Å². The number of hydrogen-bond acceptors (Lipinski definition) is 3. The molecule has 2 aromatic rings. The number of anilines is 1. The summed E-state index contributed by atoms with van der Waals surface area (Å²) >= 11 is 3.49. The largest absolute Gasteiger partial charge is 0.370 e. The second kappa shape index (κ2) is 5.98. The molecule has 2 N–H and O–H groups in total. The minimum atomic E-state index is 0.506. The van der Waals surface area contributed by atoms with Gasteiger partial charge in [0, 0.05) is 48.3 Å². The molecular weight excluding hydrogens is 290 g/mol. The minimum absolute atomic E-state index is 0.506. The Morgan fingerprint density at radius 1 is 1.33 bits per heavy atom. The van der Waals surface area contributed by atoms with E-state index in [0.29, 0.717) is 6.54 Å². The summed E-state index contributed by atoms with van der Waals surface area (Å²) in [4.78, 5) is 6.29. The molecule has 0 aliphatic rings. The molecule has 0 bridgehead atoms. The number of nitrogens with two attached hydrogens (primary N) is 1. The molecule has 0 aliphatic heterocycles. The number of halogens is 1. The molecule has 0 amide bonds. The van der Waals surface area contributed by atoms with Crippen LogP contribution in [-0.2, 0) is 13.1 Å². The van der Waals surface area contributed by atoms with Crippen molar-refractivity contribution >= 4 is 21.6 Å². The van der Waals surface area contributed by atoms with Crippen molar-refractivity contribution in [2.75, 3.05) is 11.9 Å². The Kier molecular flexibility index (Phi) is 4.33. The molecule has 0 unspecified atom stereocenters. The zero-order chi connectivity index (χ0) is 13.0. The molecule has 0 saturated heterocycles. The predicted octanol–water partition coefficient (Wildman–Crippen LogP) is 2.94. The fourth-order valence-electron chi connectivity index (χ4n) is 1.94. The first kappa shape index (κ1) is 13.1. The average molecular weight is 306 g/mol. The highest BCUT2D eigenvalue weighted by atomic mass is 79.9. The summed E-state index contributed by atoms with van der Waals surface area (Å²) in [5, 5.41) is 0. The van der Waals surface area contributed by atoms with Crippen LogP contribution >= 0.6 is 15.9 Å². The maximum atomic E-state index is 5.73. The van der Waals surface area contributed by atoms with Gasteiger partial charge in [0.05, 0.1) is 0 Å². The van der Waals surface area contributed by atoms with Crippen LogP contribution in [0.2, 0.25) is 0 Å². The van der Waals surface area contributed by atoms with E-state index in [1.807, 2.05) is 24.4 Å². The van der Waals surface area contributed by atoms with E-state index in [2.05, 4.69) is 45.0 Å². The second-order valence-electron chi connectivity index (χ2n) is 4.19. The quantitative estimate of drug-likeness (QED) is 0.944. The van der Waals surface area contributed by atoms with Gasteiger partial charge in [-0.1, -0.05) is 28.1 Å². The first-order valence-corrected chi connectivity index (χ1v) is 6.58. The van der Waals surface area contributed by atoms with Gasteiger partial charge in [-0.2, -0.15) is 0 Å². The fourth-order valence-corrected chi connectivity index (χ4v) is 2.39. The molecule has 0 radical (unpaired) electrons. The summed E-state index contributed by atoms with van der Waals surface area (Å²) in [5.74, 6) is 0. The number of benzene rings is 1. The molecule has 1 aromatic heterocycles. The Labute approximate surface area is 116 Å². The lowest BCUT2D eigenvalue weighted by Crippen LogP contribution is -2.19. The van der Waals surface area contributed by atoms with Gasteiger partial charge in [0.25, 0.3) is 0 Å². The highest BCUT2D eigenvalue weighted by Gasteiger charge is 2.07. The first-order valence-electron chi connectivity index (χ1n) is 5.79. The number of aromatic nitrogens is 1. The summed E-state index contributed by atoms with van der Waals surface area (Å²) in [6.07, 6.45) is 3.62. The Morgan fingerprint density at radius 3 is 2.89 bits per heavy atom. The number of pyridine rings is 1. The topological polar surface area (TPSA) is 42.2 Å². The third kappa shape index (κ3) is 3.09. The first-order chi connectivity index (χ1) is 8.70. The number of rotatable bonds is 4. The summed E-state index contributed by atoms with van der Waals surface area (Å²) < 4.78 is 1.10. The van der Waals surface area contributed by atoms with E-state index < -0.39 is 0 Å². The van der Waals surface area contributed by atoms with E-state index in [0.717, 1.165) is 22.3 Å². The van der Waals surface area contributed by atoms with Crippen LogP contribution in [0.1, 0.15) is 11.1 Å². The van der Waals surface area contributed by atoms with Crippen LogP contribution in [0.25, 0.3) is 0 Å². The maximum absolute atomic E-state index is 5.73. The van der Waals surface area contributed by atoms with Crippen LogP contribution in [0.4, 0.5) is 5.69 Å². The van der Waals surface area contributed by atoms with Crippen LogP contribution in [0.15, 0.2) is 47.2 Å². The van der Waals surface area contributed by atoms with Crippen molar-refractivity contribution in [1.82, 2.24) is 4.98 Å². The average Bonchev–Trinajstić information content (AvgIpc) is 2.38. The van der Waals surface area contributed by atoms with Crippen molar-refractivity contribution in [1.29, 1.82) is 0 Å². The van der Waals surface area contributed by atoms with Crippen LogP contribution in [0.5, 0.6) is 0 Å². The molecule has 2 rings (SSSR count). The molecule has 0 spiro atoms. The SMILES string of the molecule is CN(Cc1cccc(Br)c1)c1ccncc1CN. The molecule has 0 fully saturated rings. The van der Waals surface area contributed by atoms with Crippen LogP contribution in [0, 0.1) is 0 Å². The monoisotopic (exact) mass is 305 g/mol.